The molecule has 26 heavy (non-hydrogen) atoms. The highest BCUT2D eigenvalue weighted by molar-refractivity contribution is 5.83. The second kappa shape index (κ2) is 6.20. The highest BCUT2D eigenvalue weighted by Gasteiger charge is 2.62. The molecule has 7 atom stereocenters. The Morgan fingerprint density at radius 3 is 2.81 bits per heavy atom. The van der Waals surface area contributed by atoms with Crippen LogP contribution in [-0.2, 0) is 9.53 Å². The summed E-state index contributed by atoms with van der Waals surface area (Å²) in [6, 6.07) is 0. The normalized spacial score (nSPS) is 47.2. The molecule has 2 saturated carbocycles. The number of hydrogen-bond acceptors (Lipinski definition) is 4. The van der Waals surface area contributed by atoms with Crippen LogP contribution in [-0.4, -0.2) is 35.8 Å². The van der Waals surface area contributed by atoms with Crippen LogP contribution in [0.4, 0.5) is 0 Å². The second-order valence-electron chi connectivity index (χ2n) is 9.46. The van der Waals surface area contributed by atoms with E-state index in [0.717, 1.165) is 37.9 Å². The zero-order valence-corrected chi connectivity index (χ0v) is 16.2. The standard InChI is InChI=1S/C22H32O4/c1-21-9-8-14(26-3)10-13(21)4-5-15-16-6-7-17(19(25)12-23)22(16,2)11-18(24)20(15)21/h4,10,15-18,20,23-24H,5-9,11-12H2,1-3H3/t15-,16-,17+,18-,20+,21-,22-/m0/s1. The average Bonchev–Trinajstić information content (AvgIpc) is 2.96. The molecule has 0 aromatic rings. The Hall–Kier alpha value is -1.13. The van der Waals surface area contributed by atoms with Gasteiger partial charge in [0.25, 0.3) is 0 Å². The highest BCUT2D eigenvalue weighted by atomic mass is 16.5. The molecule has 0 aliphatic heterocycles. The molecule has 4 heteroatoms. The van der Waals surface area contributed by atoms with E-state index >= 15 is 0 Å². The Morgan fingerprint density at radius 2 is 2.12 bits per heavy atom. The van der Waals surface area contributed by atoms with Crippen molar-refractivity contribution in [1.82, 2.24) is 0 Å². The lowest BCUT2D eigenvalue weighted by molar-refractivity contribution is -0.141. The molecule has 0 amide bonds. The van der Waals surface area contributed by atoms with Crippen molar-refractivity contribution >= 4 is 5.78 Å². The van der Waals surface area contributed by atoms with Crippen LogP contribution < -0.4 is 0 Å². The van der Waals surface area contributed by atoms with Gasteiger partial charge in [-0.3, -0.25) is 4.79 Å². The number of fused-ring (bicyclic) bond motifs is 5. The van der Waals surface area contributed by atoms with Gasteiger partial charge in [-0.2, -0.15) is 0 Å². The molecule has 0 unspecified atom stereocenters. The van der Waals surface area contributed by atoms with Gasteiger partial charge in [-0.15, -0.1) is 0 Å². The van der Waals surface area contributed by atoms with Crippen LogP contribution >= 0.6 is 0 Å². The van der Waals surface area contributed by atoms with Gasteiger partial charge in [0.05, 0.1) is 19.0 Å². The first kappa shape index (κ1) is 18.2. The number of allylic oxidation sites excluding steroid dienone is 4. The van der Waals surface area contributed by atoms with E-state index in [1.807, 2.05) is 0 Å². The summed E-state index contributed by atoms with van der Waals surface area (Å²) >= 11 is 0. The van der Waals surface area contributed by atoms with Gasteiger partial charge >= 0.3 is 0 Å². The number of ether oxygens (including phenoxy) is 1. The molecule has 4 aliphatic carbocycles. The Morgan fingerprint density at radius 1 is 1.35 bits per heavy atom. The molecular weight excluding hydrogens is 328 g/mol. The lowest BCUT2D eigenvalue weighted by atomic mass is 9.47. The van der Waals surface area contributed by atoms with Gasteiger partial charge in [-0.25, -0.2) is 0 Å². The molecule has 0 aromatic heterocycles. The number of carbonyl (C=O) groups excluding carboxylic acids is 1. The average molecular weight is 360 g/mol. The van der Waals surface area contributed by atoms with Crippen molar-refractivity contribution in [2.45, 2.75) is 58.5 Å². The minimum absolute atomic E-state index is 0.00916. The minimum Gasteiger partial charge on any atom is -0.501 e. The van der Waals surface area contributed by atoms with E-state index in [4.69, 9.17) is 4.74 Å². The van der Waals surface area contributed by atoms with Gasteiger partial charge in [0.1, 0.15) is 6.61 Å². The first-order valence-corrected chi connectivity index (χ1v) is 10.1. The number of rotatable bonds is 3. The van der Waals surface area contributed by atoms with Gasteiger partial charge in [-0.05, 0) is 72.3 Å². The van der Waals surface area contributed by atoms with Crippen LogP contribution in [0.25, 0.3) is 0 Å². The smallest absolute Gasteiger partial charge is 0.161 e. The van der Waals surface area contributed by atoms with Crippen molar-refractivity contribution in [2.24, 2.45) is 34.5 Å². The van der Waals surface area contributed by atoms with E-state index in [1.165, 1.54) is 5.57 Å². The van der Waals surface area contributed by atoms with Gasteiger partial charge in [0.2, 0.25) is 0 Å². The third-order valence-corrected chi connectivity index (χ3v) is 8.47. The maximum atomic E-state index is 12.3. The van der Waals surface area contributed by atoms with E-state index in [9.17, 15) is 15.0 Å². The number of methoxy groups -OCH3 is 1. The topological polar surface area (TPSA) is 66.8 Å². The lowest BCUT2D eigenvalue weighted by Crippen LogP contribution is -2.56. The second-order valence-corrected chi connectivity index (χ2v) is 9.46. The number of carbonyl (C=O) groups is 1. The zero-order valence-electron chi connectivity index (χ0n) is 16.2. The van der Waals surface area contributed by atoms with E-state index in [0.29, 0.717) is 18.3 Å². The SMILES string of the molecule is COC1=CC2=CC[C@@H]3[C@H]([C@@H](O)C[C@]4(C)[C@@H](C(=O)CO)CC[C@@H]34)[C@@]2(C)CC1. The fraction of sp³-hybridized carbons (Fsp3) is 0.773. The molecule has 144 valence electrons. The molecule has 4 aliphatic rings. The largest absolute Gasteiger partial charge is 0.501 e. The summed E-state index contributed by atoms with van der Waals surface area (Å²) in [7, 11) is 1.73. The summed E-state index contributed by atoms with van der Waals surface area (Å²) < 4.78 is 5.48. The van der Waals surface area contributed by atoms with Crippen LogP contribution in [0.1, 0.15) is 52.4 Å². The molecule has 0 aromatic carbocycles. The van der Waals surface area contributed by atoms with E-state index in [2.05, 4.69) is 26.0 Å². The molecule has 0 spiro atoms. The summed E-state index contributed by atoms with van der Waals surface area (Å²) in [5, 5.41) is 20.7. The zero-order chi connectivity index (χ0) is 18.7. The number of aliphatic hydroxyl groups is 2. The lowest BCUT2D eigenvalue weighted by Gasteiger charge is -2.58. The summed E-state index contributed by atoms with van der Waals surface area (Å²) in [6.07, 6.45) is 9.65. The third kappa shape index (κ3) is 2.37. The van der Waals surface area contributed by atoms with Crippen molar-refractivity contribution in [3.8, 4) is 0 Å². The predicted octanol–water partition coefficient (Wildman–Crippen LogP) is 3.24. The summed E-state index contributed by atoms with van der Waals surface area (Å²) in [5.41, 5.74) is 1.14. The van der Waals surface area contributed by atoms with Gasteiger partial charge < -0.3 is 14.9 Å². The first-order chi connectivity index (χ1) is 12.3. The summed E-state index contributed by atoms with van der Waals surface area (Å²) in [5.74, 6) is 2.03. The molecule has 0 heterocycles. The fourth-order valence-electron chi connectivity index (χ4n) is 7.23. The van der Waals surface area contributed by atoms with Crippen molar-refractivity contribution in [1.29, 1.82) is 0 Å². The van der Waals surface area contributed by atoms with Crippen molar-refractivity contribution in [2.75, 3.05) is 13.7 Å². The van der Waals surface area contributed by atoms with Crippen LogP contribution in [0.2, 0.25) is 0 Å². The van der Waals surface area contributed by atoms with Crippen LogP contribution in [0.3, 0.4) is 0 Å². The minimum atomic E-state index is -0.389. The molecular formula is C22H32O4. The molecule has 4 rings (SSSR count). The molecule has 2 fully saturated rings. The summed E-state index contributed by atoms with van der Waals surface area (Å²) in [6.45, 7) is 4.13. The van der Waals surface area contributed by atoms with Crippen LogP contribution in [0.15, 0.2) is 23.5 Å². The van der Waals surface area contributed by atoms with E-state index in [1.54, 1.807) is 7.11 Å². The molecule has 2 N–H and O–H groups in total. The predicted molar refractivity (Wildman–Crippen MR) is 99.2 cm³/mol. The molecule has 0 radical (unpaired) electrons. The van der Waals surface area contributed by atoms with Crippen molar-refractivity contribution < 1.29 is 19.7 Å². The maximum absolute atomic E-state index is 12.3. The van der Waals surface area contributed by atoms with E-state index < -0.39 is 0 Å². The third-order valence-electron chi connectivity index (χ3n) is 8.47. The molecule has 0 saturated heterocycles. The van der Waals surface area contributed by atoms with Crippen molar-refractivity contribution in [3.05, 3.63) is 23.5 Å². The van der Waals surface area contributed by atoms with Crippen LogP contribution in [0.5, 0.6) is 0 Å². The quantitative estimate of drug-likeness (QED) is 0.811. The number of Topliss-reactive ketones (excluding diaryl/α,β-unsaturated/α-hetero) is 1. The van der Waals surface area contributed by atoms with Gasteiger partial charge in [0, 0.05) is 12.3 Å². The number of ketones is 1. The number of hydrogen-bond donors (Lipinski definition) is 2. The maximum Gasteiger partial charge on any atom is 0.161 e. The Bertz CT molecular complexity index is 665. The summed E-state index contributed by atoms with van der Waals surface area (Å²) in [4.78, 5) is 12.3. The fourth-order valence-corrected chi connectivity index (χ4v) is 7.23. The molecule has 0 bridgehead atoms. The Kier molecular flexibility index (Phi) is 4.35. The van der Waals surface area contributed by atoms with Crippen molar-refractivity contribution in [3.63, 3.8) is 0 Å². The van der Waals surface area contributed by atoms with Gasteiger partial charge in [-0.1, -0.05) is 19.9 Å². The number of aliphatic hydroxyl groups excluding tert-OH is 2. The van der Waals surface area contributed by atoms with Crippen LogP contribution in [0, 0.1) is 34.5 Å². The van der Waals surface area contributed by atoms with E-state index in [-0.39, 0.29) is 41.2 Å². The molecule has 4 nitrogen and oxygen atoms in total. The Balaban J connectivity index is 1.71. The van der Waals surface area contributed by atoms with Gasteiger partial charge in [0.15, 0.2) is 5.78 Å². The Labute approximate surface area is 156 Å². The monoisotopic (exact) mass is 360 g/mol. The highest BCUT2D eigenvalue weighted by Crippen LogP contribution is 2.66. The first-order valence-electron chi connectivity index (χ1n) is 10.1.